The van der Waals surface area contributed by atoms with E-state index in [1.165, 1.54) is 0 Å². The Bertz CT molecular complexity index is 545. The molecule has 0 aliphatic heterocycles. The molecule has 0 fully saturated rings. The third-order valence-electron chi connectivity index (χ3n) is 2.69. The Balaban J connectivity index is 2.20. The number of aromatic nitrogens is 3. The minimum Gasteiger partial charge on any atom is -0.370 e. The van der Waals surface area contributed by atoms with Crippen LogP contribution in [0.3, 0.4) is 0 Å². The third-order valence-corrected chi connectivity index (χ3v) is 3.32. The molecular weight excluding hydrogens is 270 g/mol. The van der Waals surface area contributed by atoms with Crippen molar-refractivity contribution >= 4 is 23.0 Å². The molecule has 20 heavy (non-hydrogen) atoms. The number of nitrogens with zero attached hydrogens (tertiary/aromatic N) is 3. The van der Waals surface area contributed by atoms with Crippen LogP contribution in [0.1, 0.15) is 39.2 Å². The van der Waals surface area contributed by atoms with Crippen molar-refractivity contribution in [1.82, 2.24) is 15.0 Å². The van der Waals surface area contributed by atoms with Gasteiger partial charge < -0.3 is 10.6 Å². The molecular formula is C14H21N5S. The number of hydrogen-bond donors (Lipinski definition) is 2. The van der Waals surface area contributed by atoms with Gasteiger partial charge in [0.05, 0.1) is 17.7 Å². The van der Waals surface area contributed by atoms with E-state index >= 15 is 0 Å². The molecule has 0 aliphatic carbocycles. The van der Waals surface area contributed by atoms with Crippen LogP contribution in [0.5, 0.6) is 0 Å². The van der Waals surface area contributed by atoms with Gasteiger partial charge in [-0.2, -0.15) is 0 Å². The van der Waals surface area contributed by atoms with Gasteiger partial charge in [-0.3, -0.25) is 0 Å². The summed E-state index contributed by atoms with van der Waals surface area (Å²) in [6.07, 6.45) is 0. The van der Waals surface area contributed by atoms with Crippen molar-refractivity contribution in [3.63, 3.8) is 0 Å². The highest BCUT2D eigenvalue weighted by atomic mass is 32.1. The molecule has 0 amide bonds. The van der Waals surface area contributed by atoms with E-state index in [-0.39, 0.29) is 5.41 Å². The molecule has 2 N–H and O–H groups in total. The number of hydrogen-bond acceptors (Lipinski definition) is 6. The summed E-state index contributed by atoms with van der Waals surface area (Å²) in [4.78, 5) is 13.4. The van der Waals surface area contributed by atoms with E-state index < -0.39 is 0 Å². The van der Waals surface area contributed by atoms with Gasteiger partial charge in [0.1, 0.15) is 17.5 Å². The average Bonchev–Trinajstić information content (AvgIpc) is 2.88. The second kappa shape index (κ2) is 6.17. The number of rotatable bonds is 5. The molecule has 0 atom stereocenters. The lowest BCUT2D eigenvalue weighted by Gasteiger charge is -2.19. The van der Waals surface area contributed by atoms with Crippen LogP contribution in [0.4, 0.5) is 11.6 Å². The molecule has 5 nitrogen and oxygen atoms in total. The van der Waals surface area contributed by atoms with E-state index in [1.807, 2.05) is 17.0 Å². The van der Waals surface area contributed by atoms with Gasteiger partial charge in [0.2, 0.25) is 0 Å². The van der Waals surface area contributed by atoms with Crippen molar-refractivity contribution in [1.29, 1.82) is 0 Å². The summed E-state index contributed by atoms with van der Waals surface area (Å²) < 4.78 is 0. The lowest BCUT2D eigenvalue weighted by Crippen LogP contribution is -2.18. The van der Waals surface area contributed by atoms with Crippen molar-refractivity contribution in [2.24, 2.45) is 0 Å². The second-order valence-electron chi connectivity index (χ2n) is 5.58. The quantitative estimate of drug-likeness (QED) is 0.885. The minimum atomic E-state index is -0.0809. The Morgan fingerprint density at radius 2 is 1.85 bits per heavy atom. The van der Waals surface area contributed by atoms with Crippen LogP contribution in [0.15, 0.2) is 17.0 Å². The van der Waals surface area contributed by atoms with Gasteiger partial charge in [0.25, 0.3) is 0 Å². The van der Waals surface area contributed by atoms with E-state index in [1.54, 1.807) is 11.3 Å². The summed E-state index contributed by atoms with van der Waals surface area (Å²) in [6, 6.07) is 1.94. The molecule has 0 aliphatic rings. The standard InChI is InChI=1S/C14H21N5S/c1-5-15-11-6-12(16-7-10-8-20-9-17-10)19-13(18-11)14(2,3)4/h6,8-9H,5,7H2,1-4H3,(H2,15,16,18,19). The molecule has 6 heteroatoms. The summed E-state index contributed by atoms with van der Waals surface area (Å²) in [5.74, 6) is 2.51. The van der Waals surface area contributed by atoms with Crippen molar-refractivity contribution in [2.45, 2.75) is 39.7 Å². The van der Waals surface area contributed by atoms with Gasteiger partial charge >= 0.3 is 0 Å². The smallest absolute Gasteiger partial charge is 0.138 e. The van der Waals surface area contributed by atoms with Gasteiger partial charge in [-0.1, -0.05) is 20.8 Å². The molecule has 2 aromatic rings. The number of thiazole rings is 1. The highest BCUT2D eigenvalue weighted by Gasteiger charge is 2.19. The predicted molar refractivity (Wildman–Crippen MR) is 84.3 cm³/mol. The third kappa shape index (κ3) is 3.90. The first-order chi connectivity index (χ1) is 9.49. The maximum Gasteiger partial charge on any atom is 0.138 e. The Hall–Kier alpha value is -1.69. The van der Waals surface area contributed by atoms with Gasteiger partial charge in [-0.05, 0) is 6.92 Å². The van der Waals surface area contributed by atoms with Crippen molar-refractivity contribution in [2.75, 3.05) is 17.2 Å². The Labute approximate surface area is 123 Å². The van der Waals surface area contributed by atoms with E-state index in [0.29, 0.717) is 6.54 Å². The molecule has 0 radical (unpaired) electrons. The summed E-state index contributed by atoms with van der Waals surface area (Å²) in [7, 11) is 0. The van der Waals surface area contributed by atoms with Crippen LogP contribution in [-0.2, 0) is 12.0 Å². The highest BCUT2D eigenvalue weighted by molar-refractivity contribution is 7.07. The fourth-order valence-corrected chi connectivity index (χ4v) is 2.21. The topological polar surface area (TPSA) is 62.7 Å². The molecule has 0 aromatic carbocycles. The first-order valence-electron chi connectivity index (χ1n) is 6.73. The molecule has 108 valence electrons. The largest absolute Gasteiger partial charge is 0.370 e. The first-order valence-corrected chi connectivity index (χ1v) is 7.67. The molecule has 0 bridgehead atoms. The Kier molecular flexibility index (Phi) is 4.54. The van der Waals surface area contributed by atoms with Crippen molar-refractivity contribution in [3.05, 3.63) is 28.5 Å². The van der Waals surface area contributed by atoms with Crippen LogP contribution in [0, 0.1) is 0 Å². The van der Waals surface area contributed by atoms with Gasteiger partial charge in [-0.25, -0.2) is 15.0 Å². The van der Waals surface area contributed by atoms with E-state index in [0.717, 1.165) is 29.7 Å². The average molecular weight is 291 g/mol. The molecule has 2 heterocycles. The molecule has 0 saturated carbocycles. The van der Waals surface area contributed by atoms with Crippen LogP contribution in [0.2, 0.25) is 0 Å². The first kappa shape index (κ1) is 14.7. The fraction of sp³-hybridized carbons (Fsp3) is 0.500. The zero-order valence-corrected chi connectivity index (χ0v) is 13.2. The Morgan fingerprint density at radius 1 is 1.15 bits per heavy atom. The van der Waals surface area contributed by atoms with Gasteiger partial charge in [0.15, 0.2) is 0 Å². The minimum absolute atomic E-state index is 0.0809. The number of anilines is 2. The van der Waals surface area contributed by atoms with Crippen LogP contribution in [0.25, 0.3) is 0 Å². The SMILES string of the molecule is CCNc1cc(NCc2cscn2)nc(C(C)(C)C)n1. The predicted octanol–water partition coefficient (Wildman–Crippen LogP) is 3.27. The van der Waals surface area contributed by atoms with Gasteiger partial charge in [0, 0.05) is 23.4 Å². The zero-order valence-electron chi connectivity index (χ0n) is 12.4. The summed E-state index contributed by atoms with van der Waals surface area (Å²) >= 11 is 1.60. The normalized spacial score (nSPS) is 11.4. The number of nitrogens with one attached hydrogen (secondary N) is 2. The molecule has 0 unspecified atom stereocenters. The highest BCUT2D eigenvalue weighted by Crippen LogP contribution is 2.22. The molecule has 0 saturated heterocycles. The lowest BCUT2D eigenvalue weighted by molar-refractivity contribution is 0.546. The summed E-state index contributed by atoms with van der Waals surface area (Å²) in [5.41, 5.74) is 2.78. The summed E-state index contributed by atoms with van der Waals surface area (Å²) in [5, 5.41) is 8.59. The Morgan fingerprint density at radius 3 is 2.40 bits per heavy atom. The van der Waals surface area contributed by atoms with E-state index in [4.69, 9.17) is 0 Å². The van der Waals surface area contributed by atoms with E-state index in [2.05, 4.69) is 53.3 Å². The van der Waals surface area contributed by atoms with Crippen LogP contribution in [-0.4, -0.2) is 21.5 Å². The zero-order chi connectivity index (χ0) is 14.6. The van der Waals surface area contributed by atoms with Crippen molar-refractivity contribution in [3.8, 4) is 0 Å². The van der Waals surface area contributed by atoms with Crippen LogP contribution < -0.4 is 10.6 Å². The van der Waals surface area contributed by atoms with Crippen LogP contribution >= 0.6 is 11.3 Å². The summed E-state index contributed by atoms with van der Waals surface area (Å²) in [6.45, 7) is 9.91. The molecule has 0 spiro atoms. The molecule has 2 rings (SSSR count). The van der Waals surface area contributed by atoms with Gasteiger partial charge in [-0.15, -0.1) is 11.3 Å². The lowest BCUT2D eigenvalue weighted by atomic mass is 9.96. The fourth-order valence-electron chi connectivity index (χ4n) is 1.65. The second-order valence-corrected chi connectivity index (χ2v) is 6.29. The van der Waals surface area contributed by atoms with Crippen molar-refractivity contribution < 1.29 is 0 Å². The molecule has 2 aromatic heterocycles. The van der Waals surface area contributed by atoms with E-state index in [9.17, 15) is 0 Å². The monoisotopic (exact) mass is 291 g/mol. The maximum absolute atomic E-state index is 4.60. The maximum atomic E-state index is 4.60.